The number of carbonyl (C=O) groups is 1. The number of allylic oxidation sites excluding steroid dienone is 1. The number of nitriles is 1. The number of thiophene rings is 1. The molecule has 0 radical (unpaired) electrons. The fourth-order valence-electron chi connectivity index (χ4n) is 2.36. The minimum Gasteiger partial charge on any atom is -0.469 e. The SMILES string of the molecule is C/C(N)=C(/C#N)C(=O)COc1ncnc2scc(-c3ccccc3)c12. The summed E-state index contributed by atoms with van der Waals surface area (Å²) in [6.45, 7) is 1.19. The highest BCUT2D eigenvalue weighted by molar-refractivity contribution is 7.17. The van der Waals surface area contributed by atoms with Crippen LogP contribution in [-0.2, 0) is 4.79 Å². The molecule has 2 aromatic heterocycles. The molecule has 124 valence electrons. The number of carbonyl (C=O) groups excluding carboxylic acids is 1. The minimum atomic E-state index is -0.481. The Balaban J connectivity index is 1.95. The maximum Gasteiger partial charge on any atom is 0.226 e. The first kappa shape index (κ1) is 16.6. The standard InChI is InChI=1S/C18H14N4O2S/c1-11(20)13(7-19)15(23)8-24-17-16-14(12-5-3-2-4-6-12)9-25-18(16)22-10-21-17/h2-6,9-10H,8,20H2,1H3/b13-11+. The number of hydrogen-bond acceptors (Lipinski definition) is 7. The Labute approximate surface area is 148 Å². The molecule has 0 unspecified atom stereocenters. The first-order valence-electron chi connectivity index (χ1n) is 7.42. The Morgan fingerprint density at radius 1 is 1.32 bits per heavy atom. The van der Waals surface area contributed by atoms with E-state index in [1.165, 1.54) is 24.6 Å². The van der Waals surface area contributed by atoms with E-state index in [2.05, 4.69) is 9.97 Å². The van der Waals surface area contributed by atoms with Crippen LogP contribution >= 0.6 is 11.3 Å². The van der Waals surface area contributed by atoms with Crippen LogP contribution in [0.25, 0.3) is 21.3 Å². The Kier molecular flexibility index (Phi) is 4.73. The van der Waals surface area contributed by atoms with Crippen LogP contribution < -0.4 is 10.5 Å². The number of benzene rings is 1. The maximum absolute atomic E-state index is 12.1. The van der Waals surface area contributed by atoms with Gasteiger partial charge in [0.1, 0.15) is 22.8 Å². The van der Waals surface area contributed by atoms with Crippen molar-refractivity contribution in [2.24, 2.45) is 5.73 Å². The smallest absolute Gasteiger partial charge is 0.226 e. The van der Waals surface area contributed by atoms with E-state index in [4.69, 9.17) is 15.7 Å². The van der Waals surface area contributed by atoms with Crippen molar-refractivity contribution < 1.29 is 9.53 Å². The topological polar surface area (TPSA) is 102 Å². The molecule has 2 N–H and O–H groups in total. The Bertz CT molecular complexity index is 999. The van der Waals surface area contributed by atoms with Gasteiger partial charge in [0, 0.05) is 16.6 Å². The minimum absolute atomic E-state index is 0.0982. The van der Waals surface area contributed by atoms with Crippen molar-refractivity contribution >= 4 is 27.3 Å². The molecule has 0 amide bonds. The van der Waals surface area contributed by atoms with Crippen LogP contribution in [0.3, 0.4) is 0 Å². The first-order chi connectivity index (χ1) is 12.1. The van der Waals surface area contributed by atoms with Gasteiger partial charge in [0.2, 0.25) is 11.7 Å². The van der Waals surface area contributed by atoms with Crippen molar-refractivity contribution in [3.63, 3.8) is 0 Å². The quantitative estimate of drug-likeness (QED) is 0.560. The number of Topliss-reactive ketones (excluding diaryl/α,β-unsaturated/α-hetero) is 1. The molecule has 3 rings (SSSR count). The van der Waals surface area contributed by atoms with Gasteiger partial charge in [-0.1, -0.05) is 30.3 Å². The first-order valence-corrected chi connectivity index (χ1v) is 8.30. The molecule has 0 atom stereocenters. The summed E-state index contributed by atoms with van der Waals surface area (Å²) >= 11 is 1.48. The third-order valence-electron chi connectivity index (χ3n) is 3.55. The number of ketones is 1. The van der Waals surface area contributed by atoms with Crippen LogP contribution in [0.1, 0.15) is 6.92 Å². The van der Waals surface area contributed by atoms with Gasteiger partial charge >= 0.3 is 0 Å². The number of hydrogen-bond donors (Lipinski definition) is 1. The zero-order chi connectivity index (χ0) is 17.8. The molecule has 0 aliphatic rings. The van der Waals surface area contributed by atoms with Crippen LogP contribution in [-0.4, -0.2) is 22.4 Å². The number of nitrogens with two attached hydrogens (primary N) is 1. The van der Waals surface area contributed by atoms with Gasteiger partial charge in [-0.25, -0.2) is 9.97 Å². The van der Waals surface area contributed by atoms with Crippen molar-refractivity contribution in [1.82, 2.24) is 9.97 Å². The van der Waals surface area contributed by atoms with Crippen LogP contribution in [0.5, 0.6) is 5.88 Å². The molecule has 3 aromatic rings. The van der Waals surface area contributed by atoms with Crippen LogP contribution in [0.4, 0.5) is 0 Å². The van der Waals surface area contributed by atoms with Gasteiger partial charge in [-0.15, -0.1) is 11.3 Å². The Morgan fingerprint density at radius 3 is 2.76 bits per heavy atom. The fraction of sp³-hybridized carbons (Fsp3) is 0.111. The molecule has 1 aromatic carbocycles. The zero-order valence-electron chi connectivity index (χ0n) is 13.4. The second-order valence-corrected chi connectivity index (χ2v) is 6.11. The summed E-state index contributed by atoms with van der Waals surface area (Å²) in [6, 6.07) is 11.6. The summed E-state index contributed by atoms with van der Waals surface area (Å²) in [5.74, 6) is -0.170. The van der Waals surface area contributed by atoms with E-state index in [0.717, 1.165) is 21.3 Å². The number of aromatic nitrogens is 2. The predicted octanol–water partition coefficient (Wildman–Crippen LogP) is 3.06. The number of fused-ring (bicyclic) bond motifs is 1. The number of ether oxygens (including phenoxy) is 1. The second kappa shape index (κ2) is 7.11. The molecule has 0 aliphatic carbocycles. The predicted molar refractivity (Wildman–Crippen MR) is 95.9 cm³/mol. The summed E-state index contributed by atoms with van der Waals surface area (Å²) in [5, 5.41) is 11.7. The van der Waals surface area contributed by atoms with Crippen molar-refractivity contribution in [3.8, 4) is 23.1 Å². The lowest BCUT2D eigenvalue weighted by atomic mass is 10.1. The monoisotopic (exact) mass is 350 g/mol. The third kappa shape index (κ3) is 3.34. The summed E-state index contributed by atoms with van der Waals surface area (Å²) in [6.07, 6.45) is 1.39. The molecule has 2 heterocycles. The maximum atomic E-state index is 12.1. The van der Waals surface area contributed by atoms with E-state index >= 15 is 0 Å². The largest absolute Gasteiger partial charge is 0.469 e. The molecule has 0 saturated carbocycles. The van der Waals surface area contributed by atoms with Crippen LogP contribution in [0.15, 0.2) is 53.3 Å². The third-order valence-corrected chi connectivity index (χ3v) is 4.43. The molecular weight excluding hydrogens is 336 g/mol. The Morgan fingerprint density at radius 2 is 2.08 bits per heavy atom. The van der Waals surface area contributed by atoms with E-state index in [9.17, 15) is 4.79 Å². The van der Waals surface area contributed by atoms with Gasteiger partial charge in [-0.05, 0) is 12.5 Å². The normalized spacial score (nSPS) is 11.7. The second-order valence-electron chi connectivity index (χ2n) is 5.26. The molecule has 0 aliphatic heterocycles. The molecular formula is C18H14N4O2S. The lowest BCUT2D eigenvalue weighted by Gasteiger charge is -2.07. The molecule has 0 saturated heterocycles. The van der Waals surface area contributed by atoms with Gasteiger partial charge in [0.25, 0.3) is 0 Å². The lowest BCUT2D eigenvalue weighted by Crippen LogP contribution is -2.16. The van der Waals surface area contributed by atoms with E-state index < -0.39 is 5.78 Å². The lowest BCUT2D eigenvalue weighted by molar-refractivity contribution is -0.117. The van der Waals surface area contributed by atoms with E-state index in [-0.39, 0.29) is 17.9 Å². The molecule has 7 heteroatoms. The van der Waals surface area contributed by atoms with Crippen LogP contribution in [0, 0.1) is 11.3 Å². The summed E-state index contributed by atoms with van der Waals surface area (Å²) in [7, 11) is 0. The van der Waals surface area contributed by atoms with Gasteiger partial charge in [0.15, 0.2) is 6.61 Å². The van der Waals surface area contributed by atoms with Crippen molar-refractivity contribution in [3.05, 3.63) is 53.3 Å². The van der Waals surface area contributed by atoms with Crippen LogP contribution in [0.2, 0.25) is 0 Å². The summed E-state index contributed by atoms with van der Waals surface area (Å²) in [4.78, 5) is 21.3. The highest BCUT2D eigenvalue weighted by Gasteiger charge is 2.17. The molecule has 0 fully saturated rings. The molecule has 0 bridgehead atoms. The zero-order valence-corrected chi connectivity index (χ0v) is 14.2. The average Bonchev–Trinajstić information content (AvgIpc) is 3.05. The number of nitrogens with zero attached hydrogens (tertiary/aromatic N) is 3. The Hall–Kier alpha value is -3.24. The summed E-state index contributed by atoms with van der Waals surface area (Å²) < 4.78 is 5.60. The van der Waals surface area contributed by atoms with E-state index in [0.29, 0.717) is 5.88 Å². The van der Waals surface area contributed by atoms with E-state index in [1.807, 2.05) is 35.7 Å². The van der Waals surface area contributed by atoms with Gasteiger partial charge in [-0.3, -0.25) is 4.79 Å². The van der Waals surface area contributed by atoms with E-state index in [1.54, 1.807) is 6.07 Å². The molecule has 0 spiro atoms. The van der Waals surface area contributed by atoms with Crippen molar-refractivity contribution in [2.45, 2.75) is 6.92 Å². The molecule has 6 nitrogen and oxygen atoms in total. The number of rotatable bonds is 5. The highest BCUT2D eigenvalue weighted by atomic mass is 32.1. The average molecular weight is 350 g/mol. The van der Waals surface area contributed by atoms with Gasteiger partial charge in [0.05, 0.1) is 5.39 Å². The fourth-order valence-corrected chi connectivity index (χ4v) is 3.27. The molecule has 25 heavy (non-hydrogen) atoms. The highest BCUT2D eigenvalue weighted by Crippen LogP contribution is 2.37. The van der Waals surface area contributed by atoms with Gasteiger partial charge in [-0.2, -0.15) is 5.26 Å². The van der Waals surface area contributed by atoms with Gasteiger partial charge < -0.3 is 10.5 Å². The van der Waals surface area contributed by atoms with Crippen molar-refractivity contribution in [1.29, 1.82) is 5.26 Å². The summed E-state index contributed by atoms with van der Waals surface area (Å²) in [5.41, 5.74) is 7.57. The van der Waals surface area contributed by atoms with Crippen molar-refractivity contribution in [2.75, 3.05) is 6.61 Å².